The van der Waals surface area contributed by atoms with Gasteiger partial charge < -0.3 is 9.05 Å². The lowest BCUT2D eigenvalue weighted by molar-refractivity contribution is 0.376. The van der Waals surface area contributed by atoms with Crippen LogP contribution in [-0.4, -0.2) is 0 Å². The van der Waals surface area contributed by atoms with E-state index in [-0.39, 0.29) is 0 Å². The van der Waals surface area contributed by atoms with Gasteiger partial charge in [-0.15, -0.1) is 0 Å². The van der Waals surface area contributed by atoms with Crippen molar-refractivity contribution in [2.24, 2.45) is 0 Å². The molecule has 0 saturated heterocycles. The normalized spacial score (nSPS) is 11.4. The molecule has 0 aliphatic rings. The molecule has 0 fully saturated rings. The minimum atomic E-state index is -3.72. The fourth-order valence-electron chi connectivity index (χ4n) is 1.65. The maximum absolute atomic E-state index is 12.9. The first-order valence-electron chi connectivity index (χ1n) is 6.55. The summed E-state index contributed by atoms with van der Waals surface area (Å²) in [5.74, 6) is 0.804. The van der Waals surface area contributed by atoms with Crippen molar-refractivity contribution in [3.8, 4) is 17.6 Å². The molecule has 0 bridgehead atoms. The average molecular weight is 314 g/mol. The second kappa shape index (κ2) is 7.35. The van der Waals surface area contributed by atoms with Gasteiger partial charge in [0.1, 0.15) is 11.5 Å². The van der Waals surface area contributed by atoms with Crippen LogP contribution in [0.1, 0.15) is 6.92 Å². The van der Waals surface area contributed by atoms with Gasteiger partial charge in [-0.05, 0) is 31.2 Å². The molecule has 1 N–H and O–H groups in total. The molecule has 0 aromatic heterocycles. The van der Waals surface area contributed by atoms with Crippen LogP contribution in [0.5, 0.6) is 11.5 Å². The van der Waals surface area contributed by atoms with Crippen molar-refractivity contribution in [3.05, 3.63) is 72.4 Å². The van der Waals surface area contributed by atoms with E-state index in [1.807, 2.05) is 18.2 Å². The van der Waals surface area contributed by atoms with E-state index in [1.54, 1.807) is 55.5 Å². The van der Waals surface area contributed by atoms with Crippen molar-refractivity contribution in [1.82, 2.24) is 5.09 Å². The van der Waals surface area contributed by atoms with Crippen LogP contribution in [0.2, 0.25) is 0 Å². The van der Waals surface area contributed by atoms with E-state index >= 15 is 0 Å². The Kier molecular flexibility index (Phi) is 5.24. The number of nitrogens with zero attached hydrogens (tertiary/aromatic N) is 1. The minimum Gasteiger partial charge on any atom is -0.400 e. The first-order chi connectivity index (χ1) is 10.6. The Hall–Kier alpha value is -2.70. The number of hydrogen-bond donors (Lipinski definition) is 1. The van der Waals surface area contributed by atoms with E-state index in [9.17, 15) is 4.57 Å². The molecule has 0 unspecified atom stereocenters. The fourth-order valence-corrected chi connectivity index (χ4v) is 3.07. The highest BCUT2D eigenvalue weighted by Crippen LogP contribution is 2.45. The maximum atomic E-state index is 12.9. The molecule has 2 rings (SSSR count). The predicted molar refractivity (Wildman–Crippen MR) is 84.3 cm³/mol. The molecule has 0 aliphatic carbocycles. The third-order valence-electron chi connectivity index (χ3n) is 2.53. The van der Waals surface area contributed by atoms with Crippen LogP contribution in [0.4, 0.5) is 0 Å². The molecule has 2 aromatic rings. The van der Waals surface area contributed by atoms with Gasteiger partial charge in [-0.1, -0.05) is 36.4 Å². The second-order valence-electron chi connectivity index (χ2n) is 4.37. The van der Waals surface area contributed by atoms with Crippen molar-refractivity contribution in [3.63, 3.8) is 0 Å². The Balaban J connectivity index is 2.25. The van der Waals surface area contributed by atoms with Crippen molar-refractivity contribution < 1.29 is 13.6 Å². The summed E-state index contributed by atoms with van der Waals surface area (Å²) in [7, 11) is -3.72. The number of para-hydroxylation sites is 2. The Morgan fingerprint density at radius 1 is 1.05 bits per heavy atom. The van der Waals surface area contributed by atoms with Gasteiger partial charge in [0.25, 0.3) is 0 Å². The van der Waals surface area contributed by atoms with Gasteiger partial charge in [0.05, 0.1) is 6.07 Å². The molecule has 2 aromatic carbocycles. The van der Waals surface area contributed by atoms with Gasteiger partial charge in [-0.25, -0.2) is 4.57 Å². The van der Waals surface area contributed by atoms with E-state index in [0.29, 0.717) is 17.2 Å². The summed E-state index contributed by atoms with van der Waals surface area (Å²) in [6.07, 6.45) is 1.23. The summed E-state index contributed by atoms with van der Waals surface area (Å²) >= 11 is 0. The number of allylic oxidation sites excluding steroid dienone is 2. The molecular formula is C16H15N2O3P. The van der Waals surface area contributed by atoms with Crippen molar-refractivity contribution in [2.45, 2.75) is 6.92 Å². The number of hydrogen-bond acceptors (Lipinski definition) is 4. The van der Waals surface area contributed by atoms with Crippen LogP contribution in [0.15, 0.2) is 72.4 Å². The first-order valence-corrected chi connectivity index (χ1v) is 8.09. The van der Waals surface area contributed by atoms with Gasteiger partial charge in [0, 0.05) is 11.8 Å². The van der Waals surface area contributed by atoms with Gasteiger partial charge in [0.2, 0.25) is 0 Å². The monoisotopic (exact) mass is 314 g/mol. The Morgan fingerprint density at radius 3 is 1.91 bits per heavy atom. The molecule has 0 heterocycles. The SMILES string of the molecule is C/C(=C\C#N)NP(=O)(Oc1ccccc1)Oc1ccccc1. The van der Waals surface area contributed by atoms with Crippen molar-refractivity contribution in [2.75, 3.05) is 0 Å². The van der Waals surface area contributed by atoms with Crippen LogP contribution in [0, 0.1) is 11.3 Å². The molecular weight excluding hydrogens is 299 g/mol. The van der Waals surface area contributed by atoms with E-state index in [0.717, 1.165) is 0 Å². The lowest BCUT2D eigenvalue weighted by Crippen LogP contribution is -2.17. The van der Waals surface area contributed by atoms with Gasteiger partial charge >= 0.3 is 7.75 Å². The first kappa shape index (κ1) is 15.7. The Morgan fingerprint density at radius 2 is 1.50 bits per heavy atom. The Bertz CT molecular complexity index is 679. The third-order valence-corrected chi connectivity index (χ3v) is 4.06. The van der Waals surface area contributed by atoms with E-state index in [2.05, 4.69) is 5.09 Å². The van der Waals surface area contributed by atoms with Gasteiger partial charge in [-0.3, -0.25) is 5.09 Å². The summed E-state index contributed by atoms with van der Waals surface area (Å²) < 4.78 is 23.9. The number of benzene rings is 2. The van der Waals surface area contributed by atoms with Crippen molar-refractivity contribution >= 4 is 7.75 Å². The zero-order valence-corrected chi connectivity index (χ0v) is 12.9. The molecule has 0 amide bonds. The topological polar surface area (TPSA) is 71.4 Å². The van der Waals surface area contributed by atoms with Crippen LogP contribution < -0.4 is 14.1 Å². The fraction of sp³-hybridized carbons (Fsp3) is 0.0625. The highest BCUT2D eigenvalue weighted by atomic mass is 31.2. The number of nitrogens with one attached hydrogen (secondary N) is 1. The highest BCUT2D eigenvalue weighted by Gasteiger charge is 2.28. The second-order valence-corrected chi connectivity index (χ2v) is 5.96. The third kappa shape index (κ3) is 4.69. The molecule has 22 heavy (non-hydrogen) atoms. The molecule has 0 aliphatic heterocycles. The smallest absolute Gasteiger partial charge is 0.400 e. The van der Waals surface area contributed by atoms with E-state index < -0.39 is 7.75 Å². The predicted octanol–water partition coefficient (Wildman–Crippen LogP) is 4.27. The largest absolute Gasteiger partial charge is 0.541 e. The molecule has 0 spiro atoms. The average Bonchev–Trinajstić information content (AvgIpc) is 2.49. The highest BCUT2D eigenvalue weighted by molar-refractivity contribution is 7.52. The summed E-state index contributed by atoms with van der Waals surface area (Å²) in [4.78, 5) is 0. The molecule has 0 atom stereocenters. The van der Waals surface area contributed by atoms with Gasteiger partial charge in [-0.2, -0.15) is 5.26 Å². The molecule has 0 radical (unpaired) electrons. The number of rotatable bonds is 6. The zero-order chi connectivity index (χ0) is 15.8. The summed E-state index contributed by atoms with van der Waals surface area (Å²) in [5.41, 5.74) is 0.387. The van der Waals surface area contributed by atoms with E-state index in [1.165, 1.54) is 6.08 Å². The summed E-state index contributed by atoms with van der Waals surface area (Å²) in [5, 5.41) is 11.3. The molecule has 0 saturated carbocycles. The van der Waals surface area contributed by atoms with Crippen molar-refractivity contribution in [1.29, 1.82) is 5.26 Å². The summed E-state index contributed by atoms with van der Waals surface area (Å²) in [6.45, 7) is 1.61. The lowest BCUT2D eigenvalue weighted by atomic mass is 10.3. The summed E-state index contributed by atoms with van der Waals surface area (Å²) in [6, 6.07) is 19.3. The van der Waals surface area contributed by atoms with Crippen LogP contribution in [0.25, 0.3) is 0 Å². The molecule has 5 nitrogen and oxygen atoms in total. The van der Waals surface area contributed by atoms with Crippen LogP contribution in [0.3, 0.4) is 0 Å². The maximum Gasteiger partial charge on any atom is 0.541 e. The van der Waals surface area contributed by atoms with E-state index in [4.69, 9.17) is 14.3 Å². The minimum absolute atomic E-state index is 0.387. The zero-order valence-electron chi connectivity index (χ0n) is 12.0. The number of nitriles is 1. The van der Waals surface area contributed by atoms with Crippen LogP contribution >= 0.6 is 7.75 Å². The van der Waals surface area contributed by atoms with Crippen LogP contribution in [-0.2, 0) is 4.57 Å². The Labute approximate surface area is 129 Å². The molecule has 112 valence electrons. The standard InChI is InChI=1S/C16H15N2O3P/c1-14(12-13-17)18-22(19,20-15-8-4-2-5-9-15)21-16-10-6-3-7-11-16/h2-12H,1H3,(H,18,19)/b14-12+. The quantitative estimate of drug-likeness (QED) is 0.637. The lowest BCUT2D eigenvalue weighted by Gasteiger charge is -2.21. The van der Waals surface area contributed by atoms with Gasteiger partial charge in [0.15, 0.2) is 0 Å². The molecule has 6 heteroatoms.